The summed E-state index contributed by atoms with van der Waals surface area (Å²) in [7, 11) is 0. The van der Waals surface area contributed by atoms with Crippen molar-refractivity contribution in [3.05, 3.63) is 35.4 Å². The van der Waals surface area contributed by atoms with Crippen molar-refractivity contribution in [2.24, 2.45) is 0 Å². The van der Waals surface area contributed by atoms with Crippen molar-refractivity contribution in [1.82, 2.24) is 5.32 Å². The van der Waals surface area contributed by atoms with Gasteiger partial charge in [-0.15, -0.1) is 0 Å². The van der Waals surface area contributed by atoms with Crippen molar-refractivity contribution in [2.75, 3.05) is 13.1 Å². The van der Waals surface area contributed by atoms with Gasteiger partial charge in [0.15, 0.2) is 0 Å². The van der Waals surface area contributed by atoms with Crippen LogP contribution in [0.2, 0.25) is 0 Å². The number of nitrogens with one attached hydrogen (secondary N) is 1. The second-order valence-corrected chi connectivity index (χ2v) is 4.11. The van der Waals surface area contributed by atoms with Gasteiger partial charge in [-0.3, -0.25) is 0 Å². The second-order valence-electron chi connectivity index (χ2n) is 4.11. The molecule has 18 heavy (non-hydrogen) atoms. The fraction of sp³-hybridized carbons (Fsp3) is 0.571. The molecule has 102 valence electrons. The second kappa shape index (κ2) is 6.78. The Morgan fingerprint density at radius 3 is 2.17 bits per heavy atom. The summed E-state index contributed by atoms with van der Waals surface area (Å²) in [4.78, 5) is 0. The van der Waals surface area contributed by atoms with Crippen LogP contribution in [0.25, 0.3) is 0 Å². The summed E-state index contributed by atoms with van der Waals surface area (Å²) < 4.78 is 38.4. The van der Waals surface area contributed by atoms with E-state index in [4.69, 9.17) is 0 Å². The highest BCUT2D eigenvalue weighted by molar-refractivity contribution is 5.33. The van der Waals surface area contributed by atoms with Gasteiger partial charge in [-0.05, 0) is 43.5 Å². The SMILES string of the molecule is CC.FC(F)(F)c1ccccc1C1CCNCC1. The first-order chi connectivity index (χ1) is 8.59. The van der Waals surface area contributed by atoms with Crippen molar-refractivity contribution < 1.29 is 13.2 Å². The molecule has 0 aromatic heterocycles. The Balaban J connectivity index is 0.000000771. The molecule has 4 heteroatoms. The summed E-state index contributed by atoms with van der Waals surface area (Å²) in [5, 5.41) is 3.16. The number of rotatable bonds is 1. The van der Waals surface area contributed by atoms with Gasteiger partial charge in [-0.2, -0.15) is 13.2 Å². The normalized spacial score (nSPS) is 16.9. The van der Waals surface area contributed by atoms with E-state index in [1.54, 1.807) is 12.1 Å². The summed E-state index contributed by atoms with van der Waals surface area (Å²) >= 11 is 0. The maximum atomic E-state index is 12.8. The van der Waals surface area contributed by atoms with E-state index in [2.05, 4.69) is 5.32 Å². The highest BCUT2D eigenvalue weighted by atomic mass is 19.4. The molecule has 2 rings (SSSR count). The van der Waals surface area contributed by atoms with Gasteiger partial charge in [-0.1, -0.05) is 32.0 Å². The first kappa shape index (κ1) is 15.0. The Kier molecular flexibility index (Phi) is 5.66. The fourth-order valence-electron chi connectivity index (χ4n) is 2.24. The third kappa shape index (κ3) is 3.73. The summed E-state index contributed by atoms with van der Waals surface area (Å²) in [6.45, 7) is 5.60. The van der Waals surface area contributed by atoms with Crippen LogP contribution in [0.15, 0.2) is 24.3 Å². The van der Waals surface area contributed by atoms with E-state index in [1.165, 1.54) is 12.1 Å². The van der Waals surface area contributed by atoms with Gasteiger partial charge >= 0.3 is 6.18 Å². The number of piperidine rings is 1. The Bertz CT molecular complexity index is 354. The van der Waals surface area contributed by atoms with Crippen LogP contribution < -0.4 is 5.32 Å². The molecule has 0 amide bonds. The minimum atomic E-state index is -4.23. The van der Waals surface area contributed by atoms with Crippen molar-refractivity contribution in [3.63, 3.8) is 0 Å². The maximum absolute atomic E-state index is 12.8. The molecule has 0 saturated carbocycles. The molecule has 0 bridgehead atoms. The van der Waals surface area contributed by atoms with Crippen molar-refractivity contribution in [3.8, 4) is 0 Å². The molecule has 1 saturated heterocycles. The zero-order valence-corrected chi connectivity index (χ0v) is 10.8. The molecule has 1 heterocycles. The molecule has 0 spiro atoms. The lowest BCUT2D eigenvalue weighted by atomic mass is 9.87. The van der Waals surface area contributed by atoms with Gasteiger partial charge in [-0.25, -0.2) is 0 Å². The third-order valence-electron chi connectivity index (χ3n) is 3.05. The van der Waals surface area contributed by atoms with Gasteiger partial charge < -0.3 is 5.32 Å². The van der Waals surface area contributed by atoms with Crippen LogP contribution in [0, 0.1) is 0 Å². The molecule has 1 aliphatic rings. The third-order valence-corrected chi connectivity index (χ3v) is 3.05. The van der Waals surface area contributed by atoms with E-state index in [1.807, 2.05) is 13.8 Å². The Labute approximate surface area is 106 Å². The van der Waals surface area contributed by atoms with Gasteiger partial charge in [0.05, 0.1) is 5.56 Å². The molecule has 0 unspecified atom stereocenters. The van der Waals surface area contributed by atoms with E-state index < -0.39 is 11.7 Å². The maximum Gasteiger partial charge on any atom is 0.416 e. The monoisotopic (exact) mass is 259 g/mol. The van der Waals surface area contributed by atoms with Gasteiger partial charge in [0.1, 0.15) is 0 Å². The minimum Gasteiger partial charge on any atom is -0.317 e. The minimum absolute atomic E-state index is 0.0408. The van der Waals surface area contributed by atoms with Gasteiger partial charge in [0.2, 0.25) is 0 Å². The predicted octanol–water partition coefficient (Wildman–Crippen LogP) is 4.20. The average Bonchev–Trinajstić information content (AvgIpc) is 2.41. The smallest absolute Gasteiger partial charge is 0.317 e. The van der Waals surface area contributed by atoms with E-state index in [0.29, 0.717) is 5.56 Å². The molecule has 1 aromatic carbocycles. The number of benzene rings is 1. The van der Waals surface area contributed by atoms with E-state index >= 15 is 0 Å². The highest BCUT2D eigenvalue weighted by Crippen LogP contribution is 2.37. The Hall–Kier alpha value is -1.03. The average molecular weight is 259 g/mol. The van der Waals surface area contributed by atoms with E-state index in [0.717, 1.165) is 25.9 Å². The van der Waals surface area contributed by atoms with Crippen LogP contribution in [0.3, 0.4) is 0 Å². The van der Waals surface area contributed by atoms with Gasteiger partial charge in [0.25, 0.3) is 0 Å². The van der Waals surface area contributed by atoms with Crippen LogP contribution in [0.5, 0.6) is 0 Å². The molecule has 1 aromatic rings. The van der Waals surface area contributed by atoms with Crippen LogP contribution in [0.1, 0.15) is 43.7 Å². The molecule has 0 atom stereocenters. The number of alkyl halides is 3. The quantitative estimate of drug-likeness (QED) is 0.797. The number of hydrogen-bond donors (Lipinski definition) is 1. The molecule has 1 N–H and O–H groups in total. The predicted molar refractivity (Wildman–Crippen MR) is 67.6 cm³/mol. The topological polar surface area (TPSA) is 12.0 Å². The largest absolute Gasteiger partial charge is 0.416 e. The zero-order valence-electron chi connectivity index (χ0n) is 10.8. The Morgan fingerprint density at radius 1 is 1.06 bits per heavy atom. The lowest BCUT2D eigenvalue weighted by molar-refractivity contribution is -0.138. The first-order valence-corrected chi connectivity index (χ1v) is 6.46. The van der Waals surface area contributed by atoms with Crippen molar-refractivity contribution >= 4 is 0 Å². The fourth-order valence-corrected chi connectivity index (χ4v) is 2.24. The molecular formula is C14H20F3N. The molecule has 1 nitrogen and oxygen atoms in total. The lowest BCUT2D eigenvalue weighted by Gasteiger charge is -2.25. The van der Waals surface area contributed by atoms with Crippen molar-refractivity contribution in [2.45, 2.75) is 38.8 Å². The highest BCUT2D eigenvalue weighted by Gasteiger charge is 2.34. The van der Waals surface area contributed by atoms with Crippen molar-refractivity contribution in [1.29, 1.82) is 0 Å². The zero-order chi connectivity index (χ0) is 13.6. The standard InChI is InChI=1S/C12H14F3N.C2H6/c13-12(14,15)11-4-2-1-3-10(11)9-5-7-16-8-6-9;1-2/h1-4,9,16H,5-8H2;1-2H3. The van der Waals surface area contributed by atoms with Crippen LogP contribution in [0.4, 0.5) is 13.2 Å². The lowest BCUT2D eigenvalue weighted by Crippen LogP contribution is -2.27. The molecule has 1 aliphatic heterocycles. The molecule has 0 radical (unpaired) electrons. The van der Waals surface area contributed by atoms with Gasteiger partial charge in [0, 0.05) is 0 Å². The van der Waals surface area contributed by atoms with Crippen LogP contribution in [-0.4, -0.2) is 13.1 Å². The Morgan fingerprint density at radius 2 is 1.61 bits per heavy atom. The molecule has 0 aliphatic carbocycles. The summed E-state index contributed by atoms with van der Waals surface area (Å²) in [6.07, 6.45) is -2.67. The summed E-state index contributed by atoms with van der Waals surface area (Å²) in [6, 6.07) is 5.93. The number of halogens is 3. The first-order valence-electron chi connectivity index (χ1n) is 6.46. The summed E-state index contributed by atoms with van der Waals surface area (Å²) in [5.74, 6) is 0.0408. The van der Waals surface area contributed by atoms with E-state index in [-0.39, 0.29) is 5.92 Å². The molecule has 1 fully saturated rings. The van der Waals surface area contributed by atoms with Crippen LogP contribution >= 0.6 is 0 Å². The number of hydrogen-bond acceptors (Lipinski definition) is 1. The summed E-state index contributed by atoms with van der Waals surface area (Å²) in [5.41, 5.74) is -0.0154. The van der Waals surface area contributed by atoms with E-state index in [9.17, 15) is 13.2 Å². The molecular weight excluding hydrogens is 239 g/mol. The van der Waals surface area contributed by atoms with Crippen LogP contribution in [-0.2, 0) is 6.18 Å².